The number of hydrogen-bond donors (Lipinski definition) is 2. The van der Waals surface area contributed by atoms with Crippen LogP contribution in [-0.4, -0.2) is 25.0 Å². The van der Waals surface area contributed by atoms with Crippen molar-refractivity contribution in [1.82, 2.24) is 10.6 Å². The summed E-state index contributed by atoms with van der Waals surface area (Å²) in [5, 5.41) is 5.71. The van der Waals surface area contributed by atoms with Gasteiger partial charge in [-0.25, -0.2) is 0 Å². The second-order valence-electron chi connectivity index (χ2n) is 5.94. The van der Waals surface area contributed by atoms with E-state index >= 15 is 0 Å². The maximum absolute atomic E-state index is 12.1. The molecule has 3 nitrogen and oxygen atoms in total. The van der Waals surface area contributed by atoms with E-state index < -0.39 is 0 Å². The summed E-state index contributed by atoms with van der Waals surface area (Å²) < 4.78 is 0. The maximum atomic E-state index is 12.1. The van der Waals surface area contributed by atoms with E-state index in [0.29, 0.717) is 5.56 Å². The molecule has 1 aliphatic rings. The number of carbonyl (C=O) groups is 1. The van der Waals surface area contributed by atoms with E-state index in [-0.39, 0.29) is 30.8 Å². The minimum atomic E-state index is -0.0960. The van der Waals surface area contributed by atoms with Crippen LogP contribution in [0.4, 0.5) is 0 Å². The molecule has 0 radical (unpaired) electrons. The Morgan fingerprint density at radius 1 is 1.27 bits per heavy atom. The predicted molar refractivity (Wildman–Crippen MR) is 111 cm³/mol. The Morgan fingerprint density at radius 3 is 2.46 bits per heavy atom. The van der Waals surface area contributed by atoms with Crippen LogP contribution in [0, 0.1) is 20.8 Å². The zero-order valence-electron chi connectivity index (χ0n) is 16.5. The Balaban J connectivity index is 0.000000923. The van der Waals surface area contributed by atoms with Crippen LogP contribution in [0.25, 0.3) is 4.91 Å². The van der Waals surface area contributed by atoms with Gasteiger partial charge in [-0.1, -0.05) is 48.5 Å². The molecule has 2 N–H and O–H groups in total. The van der Waals surface area contributed by atoms with E-state index in [1.807, 2.05) is 25.1 Å². The minimum absolute atomic E-state index is 0. The fourth-order valence-electron chi connectivity index (χ4n) is 2.22. The molecule has 0 saturated heterocycles. The van der Waals surface area contributed by atoms with Crippen molar-refractivity contribution in [3.05, 3.63) is 72.7 Å². The molecule has 1 aromatic carbocycles. The molecular weight excluding hydrogens is 335 g/mol. The molecule has 26 heavy (non-hydrogen) atoms. The van der Waals surface area contributed by atoms with Crippen molar-refractivity contribution in [2.75, 3.05) is 13.1 Å². The number of carbonyl (C=O) groups excluding carboxylic acids is 1. The zero-order valence-corrected chi connectivity index (χ0v) is 17.3. The molecule has 0 saturated carbocycles. The first kappa shape index (κ1) is 25.1. The molecule has 1 atom stereocenters. The van der Waals surface area contributed by atoms with Crippen LogP contribution in [0.5, 0.6) is 0 Å². The summed E-state index contributed by atoms with van der Waals surface area (Å²) in [6, 6.07) is 7.71. The molecule has 0 spiro atoms. The number of benzene rings is 1. The van der Waals surface area contributed by atoms with E-state index in [1.54, 1.807) is 11.8 Å². The molecule has 0 unspecified atom stereocenters. The Kier molecular flexibility index (Phi) is 12.8. The predicted octanol–water partition coefficient (Wildman–Crippen LogP) is 1.66. The van der Waals surface area contributed by atoms with Crippen molar-refractivity contribution in [2.45, 2.75) is 33.2 Å². The van der Waals surface area contributed by atoms with Crippen LogP contribution >= 0.6 is 11.8 Å². The average molecular weight is 364 g/mol. The van der Waals surface area contributed by atoms with Gasteiger partial charge in [0.1, 0.15) is 0 Å². The zero-order chi connectivity index (χ0) is 18.8. The van der Waals surface area contributed by atoms with Crippen LogP contribution in [0.15, 0.2) is 40.8 Å². The molecule has 138 valence electrons. The first-order valence-electron chi connectivity index (χ1n) is 8.47. The quantitative estimate of drug-likeness (QED) is 0.617. The van der Waals surface area contributed by atoms with Gasteiger partial charge in [-0.3, -0.25) is 4.79 Å². The standard InChI is InChI=1S/C17H20NOS.C4H9N.Li/c1-11(2)18-17(19)15-7-5-6-14(10-15)16-12(3)8-9-13(4)20-16;1-3-5-4-2;/h5-7,9-11H,1,8H2,2-4H3,(H,18,19);5H,1-4H2;/q-1;-2;+1/t11-;;/m1../s1. The van der Waals surface area contributed by atoms with Crippen LogP contribution in [0.2, 0.25) is 0 Å². The Labute approximate surface area is 175 Å². The maximum Gasteiger partial charge on any atom is 1.00 e. The summed E-state index contributed by atoms with van der Waals surface area (Å²) in [5.41, 5.74) is 3.15. The molecule has 1 heterocycles. The van der Waals surface area contributed by atoms with Gasteiger partial charge in [0.15, 0.2) is 0 Å². The monoisotopic (exact) mass is 364 g/mol. The largest absolute Gasteiger partial charge is 1.00 e. The molecule has 0 bridgehead atoms. The Morgan fingerprint density at radius 2 is 1.92 bits per heavy atom. The SMILES string of the molecule is [CH2-]CNC[CH2-].[CH2-][C@H](C)NC(=O)c1cccc(C2=C(C)CC=C(C)S2)c1.[Li+]. The molecule has 2 rings (SSSR count). The third kappa shape index (κ3) is 8.64. The smallest absolute Gasteiger partial charge is 0.379 e. The first-order valence-corrected chi connectivity index (χ1v) is 9.28. The summed E-state index contributed by atoms with van der Waals surface area (Å²) >= 11 is 1.78. The van der Waals surface area contributed by atoms with Crippen molar-refractivity contribution in [3.8, 4) is 0 Å². The summed E-state index contributed by atoms with van der Waals surface area (Å²) in [6.07, 6.45) is 3.23. The molecule has 1 amide bonds. The van der Waals surface area contributed by atoms with Crippen molar-refractivity contribution in [1.29, 1.82) is 0 Å². The fourth-order valence-corrected chi connectivity index (χ4v) is 3.21. The van der Waals surface area contributed by atoms with Gasteiger partial charge < -0.3 is 31.4 Å². The van der Waals surface area contributed by atoms with Crippen LogP contribution in [0.1, 0.15) is 43.1 Å². The Bertz CT molecular complexity index is 637. The molecule has 0 fully saturated rings. The Hall–Kier alpha value is -0.923. The average Bonchev–Trinajstić information content (AvgIpc) is 2.58. The number of allylic oxidation sites excluding steroid dienone is 3. The van der Waals surface area contributed by atoms with Gasteiger partial charge in [0.25, 0.3) is 0 Å². The van der Waals surface area contributed by atoms with E-state index in [4.69, 9.17) is 0 Å². The summed E-state index contributed by atoms with van der Waals surface area (Å²) in [4.78, 5) is 14.6. The van der Waals surface area contributed by atoms with E-state index in [2.05, 4.69) is 57.4 Å². The van der Waals surface area contributed by atoms with Crippen molar-refractivity contribution in [3.63, 3.8) is 0 Å². The molecule has 1 aromatic rings. The molecule has 0 aromatic heterocycles. The van der Waals surface area contributed by atoms with Gasteiger partial charge in [-0.15, -0.1) is 13.1 Å². The minimum Gasteiger partial charge on any atom is -0.379 e. The second-order valence-corrected chi connectivity index (χ2v) is 7.19. The van der Waals surface area contributed by atoms with Crippen LogP contribution in [-0.2, 0) is 0 Å². The number of thioether (sulfide) groups is 1. The number of hydrogen-bond acceptors (Lipinski definition) is 3. The summed E-state index contributed by atoms with van der Waals surface area (Å²) in [6.45, 7) is 18.5. The summed E-state index contributed by atoms with van der Waals surface area (Å²) in [7, 11) is 0. The van der Waals surface area contributed by atoms with Gasteiger partial charge in [-0.2, -0.15) is 0 Å². The summed E-state index contributed by atoms with van der Waals surface area (Å²) in [5.74, 6) is -0.0688. The van der Waals surface area contributed by atoms with Crippen molar-refractivity contribution in [2.24, 2.45) is 0 Å². The van der Waals surface area contributed by atoms with Gasteiger partial charge in [-0.05, 0) is 42.9 Å². The van der Waals surface area contributed by atoms with Crippen LogP contribution < -0.4 is 29.5 Å². The van der Waals surface area contributed by atoms with Crippen molar-refractivity contribution >= 4 is 22.6 Å². The van der Waals surface area contributed by atoms with E-state index in [1.165, 1.54) is 15.4 Å². The number of rotatable bonds is 5. The second kappa shape index (κ2) is 13.3. The fraction of sp³-hybridized carbons (Fsp3) is 0.333. The number of amides is 1. The number of nitrogens with one attached hydrogen (secondary N) is 2. The molecule has 0 aliphatic carbocycles. The van der Waals surface area contributed by atoms with Gasteiger partial charge in [0, 0.05) is 10.5 Å². The van der Waals surface area contributed by atoms with E-state index in [9.17, 15) is 4.79 Å². The van der Waals surface area contributed by atoms with Gasteiger partial charge in [0.2, 0.25) is 5.91 Å². The normalized spacial score (nSPS) is 14.5. The van der Waals surface area contributed by atoms with Crippen molar-refractivity contribution < 1.29 is 23.7 Å². The third-order valence-electron chi connectivity index (χ3n) is 3.46. The molecule has 1 aliphatic heterocycles. The molecular formula is C21H29LiN2OS-2. The topological polar surface area (TPSA) is 41.1 Å². The van der Waals surface area contributed by atoms with Crippen LogP contribution in [0.3, 0.4) is 0 Å². The molecule has 5 heteroatoms. The first-order chi connectivity index (χ1) is 11.9. The van der Waals surface area contributed by atoms with E-state index in [0.717, 1.165) is 25.1 Å². The van der Waals surface area contributed by atoms with Gasteiger partial charge >= 0.3 is 18.9 Å². The van der Waals surface area contributed by atoms with Gasteiger partial charge in [0.05, 0.1) is 0 Å². The third-order valence-corrected chi connectivity index (χ3v) is 4.74.